The summed E-state index contributed by atoms with van der Waals surface area (Å²) in [5.74, 6) is -4.22. The van der Waals surface area contributed by atoms with Gasteiger partial charge in [0, 0.05) is 38.5 Å². The molecule has 0 atom stereocenters. The topological polar surface area (TPSA) is 409 Å². The number of thioether (sulfide) groups is 1. The van der Waals surface area contributed by atoms with E-state index in [-0.39, 0.29) is 128 Å². The van der Waals surface area contributed by atoms with E-state index < -0.39 is 51.5 Å². The Morgan fingerprint density at radius 1 is 0.557 bits per heavy atom. The van der Waals surface area contributed by atoms with Crippen LogP contribution in [0.3, 0.4) is 0 Å². The number of esters is 3. The zero-order chi connectivity index (χ0) is 91.4. The number of hydrogen-bond donors (Lipinski definition) is 5. The van der Waals surface area contributed by atoms with Crippen LogP contribution >= 0.6 is 85.7 Å². The summed E-state index contributed by atoms with van der Waals surface area (Å²) in [4.78, 5) is 77.2. The molecule has 660 valence electrons. The van der Waals surface area contributed by atoms with Crippen LogP contribution in [0.15, 0.2) is 143 Å². The van der Waals surface area contributed by atoms with Crippen LogP contribution in [0.4, 0.5) is 40.6 Å². The zero-order valence-electron chi connectivity index (χ0n) is 69.4. The van der Waals surface area contributed by atoms with E-state index >= 15 is 0 Å². The molecular formula is C79H93BrCl5F4N12NaO19S. The maximum absolute atomic E-state index is 13.6. The number of nitrogens with two attached hydrogens (primary N) is 1. The van der Waals surface area contributed by atoms with Crippen LogP contribution in [-0.4, -0.2) is 209 Å². The van der Waals surface area contributed by atoms with Gasteiger partial charge in [-0.25, -0.2) is 37.5 Å². The van der Waals surface area contributed by atoms with E-state index in [2.05, 4.69) is 51.8 Å². The Balaban J connectivity index is 0.00000151. The van der Waals surface area contributed by atoms with E-state index in [4.69, 9.17) is 141 Å². The summed E-state index contributed by atoms with van der Waals surface area (Å²) >= 11 is 32.9. The Hall–Kier alpha value is -8.91. The van der Waals surface area contributed by atoms with Crippen molar-refractivity contribution in [3.63, 3.8) is 0 Å². The summed E-state index contributed by atoms with van der Waals surface area (Å²) in [5.41, 5.74) is 5.48. The molecule has 122 heavy (non-hydrogen) atoms. The molecule has 0 spiro atoms. The summed E-state index contributed by atoms with van der Waals surface area (Å²) in [5, 5.41) is 40.5. The molecule has 6 N–H and O–H groups in total. The second-order valence-corrected chi connectivity index (χ2v) is 28.1. The number of aliphatic imine (C=N–C) groups is 2. The molecular weight excluding hydrogens is 1810 g/mol. The van der Waals surface area contributed by atoms with Gasteiger partial charge in [0.25, 0.3) is 11.1 Å². The van der Waals surface area contributed by atoms with Gasteiger partial charge in [0.1, 0.15) is 45.4 Å². The second kappa shape index (κ2) is 61.4. The molecule has 0 fully saturated rings. The van der Waals surface area contributed by atoms with E-state index in [1.807, 2.05) is 0 Å². The first-order valence-electron chi connectivity index (χ1n) is 34.9. The Kier molecular flexibility index (Phi) is 56.9. The number of rotatable bonds is 30. The Morgan fingerprint density at radius 2 is 0.926 bits per heavy atom. The van der Waals surface area contributed by atoms with Gasteiger partial charge in [-0.2, -0.15) is 32.6 Å². The van der Waals surface area contributed by atoms with Gasteiger partial charge < -0.3 is 78.1 Å². The number of benzene rings is 6. The number of aliphatic hydroxyl groups excluding tert-OH is 1. The van der Waals surface area contributed by atoms with Gasteiger partial charge in [-0.05, 0) is 193 Å². The van der Waals surface area contributed by atoms with Gasteiger partial charge in [0.15, 0.2) is 40.6 Å². The number of halogens is 10. The molecule has 1 amide bonds. The number of hydrogen-bond acceptors (Lipinski definition) is 27. The number of carbonyl (C=O) groups is 5. The quantitative estimate of drug-likeness (QED) is 0.00238. The largest absolute Gasteiger partial charge is 1.00 e. The van der Waals surface area contributed by atoms with E-state index in [1.54, 1.807) is 99.7 Å². The van der Waals surface area contributed by atoms with E-state index in [1.165, 1.54) is 157 Å². The van der Waals surface area contributed by atoms with Crippen LogP contribution in [0.2, 0.25) is 20.1 Å². The molecule has 6 aromatic carbocycles. The summed E-state index contributed by atoms with van der Waals surface area (Å²) in [6, 6.07) is 31.0. The number of nitriles is 2. The molecule has 8 rings (SSSR count). The van der Waals surface area contributed by atoms with Crippen LogP contribution in [-0.2, 0) is 52.2 Å². The predicted octanol–water partition coefficient (Wildman–Crippen LogP) is 11.5. The van der Waals surface area contributed by atoms with Gasteiger partial charge >= 0.3 is 65.5 Å². The van der Waals surface area contributed by atoms with Crippen molar-refractivity contribution in [1.29, 1.82) is 10.5 Å². The number of nitrogen functional groups attached to an aromatic ring is 1. The minimum Gasteiger partial charge on any atom is -0.857 e. The van der Waals surface area contributed by atoms with Crippen molar-refractivity contribution in [3.8, 4) is 35.8 Å². The fourth-order valence-electron chi connectivity index (χ4n) is 8.73. The van der Waals surface area contributed by atoms with Crippen LogP contribution in [0, 0.1) is 46.2 Å². The number of aromatic nitrogens is 4. The molecule has 0 bridgehead atoms. The van der Waals surface area contributed by atoms with E-state index in [9.17, 15) is 41.5 Å². The fourth-order valence-corrected chi connectivity index (χ4v) is 10.4. The van der Waals surface area contributed by atoms with Crippen LogP contribution in [0.5, 0.6) is 12.0 Å². The van der Waals surface area contributed by atoms with E-state index in [0.29, 0.717) is 84.2 Å². The van der Waals surface area contributed by atoms with Crippen molar-refractivity contribution < 1.29 is 138 Å². The Morgan fingerprint density at radius 3 is 1.29 bits per heavy atom. The normalized spacial score (nSPS) is 10.7. The molecule has 43 heteroatoms. The van der Waals surface area contributed by atoms with E-state index in [0.717, 1.165) is 14.2 Å². The first-order valence-corrected chi connectivity index (χ1v) is 39.1. The van der Waals surface area contributed by atoms with Gasteiger partial charge in [0.05, 0.1) is 125 Å². The number of aliphatic hydroxyl groups is 1. The van der Waals surface area contributed by atoms with Crippen molar-refractivity contribution in [2.24, 2.45) is 9.98 Å². The average Bonchev–Trinajstić information content (AvgIpc) is 1.64. The van der Waals surface area contributed by atoms with Gasteiger partial charge in [0.2, 0.25) is 0 Å². The summed E-state index contributed by atoms with van der Waals surface area (Å²) in [7, 11) is 10.6. The molecule has 0 saturated carbocycles. The van der Waals surface area contributed by atoms with Crippen LogP contribution in [0.25, 0.3) is 11.4 Å². The third-order valence-electron chi connectivity index (χ3n) is 13.9. The number of amides is 1. The van der Waals surface area contributed by atoms with Gasteiger partial charge in [-0.15, -0.1) is 0 Å². The molecule has 0 unspecified atom stereocenters. The minimum atomic E-state index is -1.06. The molecule has 0 aliphatic heterocycles. The third-order valence-corrected chi connectivity index (χ3v) is 16.2. The van der Waals surface area contributed by atoms with Crippen molar-refractivity contribution in [3.05, 3.63) is 199 Å². The maximum atomic E-state index is 13.6. The first-order chi connectivity index (χ1) is 57.5. The number of alkyl halides is 1. The Labute approximate surface area is 764 Å². The van der Waals surface area contributed by atoms with Crippen molar-refractivity contribution in [1.82, 2.24) is 29.7 Å². The van der Waals surface area contributed by atoms with Crippen LogP contribution < -0.4 is 65.8 Å². The SMILES string of the molecule is CO.COC(=Nc1ccc(F)cc1)NC#N.COCCOCC(C)(C)OC(=O)CBr.COCCOCC(C)(C)OC(=O)c1c(N)nc(OC)n1-c1ccc(F)cc1.COCCOCC(C)(C)OC(=O)c1c(NC(=O)c2ccc(Cl)cc2Cl)nc(OC)n1-c1ccc(F)cc1.CSC(=Nc1ccc(F)cc1)NC#N.C[O-].O=C(Cl)c1ccc(Cl)cc1Cl.[Na+]. The zero-order valence-corrected chi connectivity index (χ0v) is 77.6. The van der Waals surface area contributed by atoms with Gasteiger partial charge in [-0.1, -0.05) is 74.1 Å². The molecule has 0 aliphatic carbocycles. The molecule has 0 aliphatic rings. The number of amidine groups is 2. The number of nitrogens with zero attached hydrogens (tertiary/aromatic N) is 8. The molecule has 0 radical (unpaired) electrons. The second-order valence-electron chi connectivity index (χ2n) is 24.7. The molecule has 2 heterocycles. The Bertz CT molecular complexity index is 4580. The number of carbonyl (C=O) groups excluding carboxylic acids is 5. The fraction of sp³-hybridized carbons (Fsp3) is 0.354. The average molecular weight is 1900 g/mol. The first kappa shape index (κ1) is 113. The van der Waals surface area contributed by atoms with Crippen LogP contribution in [0.1, 0.15) is 83.2 Å². The summed E-state index contributed by atoms with van der Waals surface area (Å²) < 4.78 is 117. The summed E-state index contributed by atoms with van der Waals surface area (Å²) in [6.45, 7) is 13.5. The molecule has 31 nitrogen and oxygen atoms in total. The monoisotopic (exact) mass is 1900 g/mol. The van der Waals surface area contributed by atoms with Crippen molar-refractivity contribution in [2.45, 2.75) is 58.3 Å². The molecule has 2 aromatic heterocycles. The number of anilines is 2. The number of methoxy groups -OCH3 is 6. The van der Waals surface area contributed by atoms with Crippen molar-refractivity contribution in [2.75, 3.05) is 139 Å². The van der Waals surface area contributed by atoms with Crippen molar-refractivity contribution >= 4 is 149 Å². The third kappa shape index (κ3) is 42.9. The summed E-state index contributed by atoms with van der Waals surface area (Å²) in [6.07, 6.45) is 5.24. The minimum absolute atomic E-state index is 0. The predicted molar refractivity (Wildman–Crippen MR) is 456 cm³/mol. The maximum Gasteiger partial charge on any atom is 1.00 e. The number of ether oxygens (including phenoxy) is 12. The smallest absolute Gasteiger partial charge is 0.857 e. The molecule has 8 aromatic rings. The molecule has 0 saturated heterocycles. The number of nitrogens with one attached hydrogen (secondary N) is 3. The van der Waals surface area contributed by atoms with Gasteiger partial charge in [-0.3, -0.25) is 28.8 Å². The standard InChI is InChI=1S/C25H26Cl2FN3O6.C18H24FN3O5.C9H17BrO4.C9H8FN3O.C9H8FN3S.C7H3Cl3O.CH4O.CH3O.Na/c1-25(2,14-36-12-11-34-3)37-23(33)20-21(29-22(32)18-10-5-15(26)13-19(18)27)30-24(35-4)31(20)17-8-6-16(28)7-9-17;1-18(2,11-26-10-9-24-3)27-16(23)14-15(20)21-17(25-4)22(14)13-7-5-12(19)6-8-13;1-9(2,14-8(11)6-10)7-13-5-4-12-3;2*1-14-9(12-6-11)13-8-4-2-7(10)3-5-8;8-4-1-2-5(7(10)11)6(9)3-4;2*1-2;/h5-10,13H,11-12,14H2,1-4H3,(H,29,32);5-8H,9-11,20H2,1-4H3;4-7H2,1-3H3;2*2-5H,1H3,(H,12,13);1-3H;2H,1H3;1H3;/q;;;;;;;-1;+1. The number of imidazole rings is 2.